The van der Waals surface area contributed by atoms with Crippen LogP contribution in [-0.4, -0.2) is 52.6 Å². The van der Waals surface area contributed by atoms with E-state index in [1.54, 1.807) is 34.9 Å². The van der Waals surface area contributed by atoms with Crippen molar-refractivity contribution in [3.8, 4) is 5.75 Å². The number of thioether (sulfide) groups is 1. The minimum atomic E-state index is -0.891. The van der Waals surface area contributed by atoms with E-state index in [2.05, 4.69) is 0 Å². The maximum atomic E-state index is 13.4. The number of nitrogens with zero attached hydrogens (tertiary/aromatic N) is 1. The van der Waals surface area contributed by atoms with Crippen LogP contribution in [0.2, 0.25) is 0 Å². The maximum Gasteiger partial charge on any atom is 0.305 e. The molecule has 1 aliphatic rings. The zero-order chi connectivity index (χ0) is 16.7. The number of hydrogen-bond donors (Lipinski definition) is 1. The summed E-state index contributed by atoms with van der Waals surface area (Å²) in [6.07, 6.45) is 0.719. The van der Waals surface area contributed by atoms with Gasteiger partial charge < -0.3 is 14.7 Å². The second-order valence-electron chi connectivity index (χ2n) is 5.30. The molecule has 1 amide bonds. The Hall–Kier alpha value is -1.76. The molecule has 1 fully saturated rings. The second kappa shape index (κ2) is 8.76. The molecular formula is C16H20FNO4S. The van der Waals surface area contributed by atoms with Gasteiger partial charge in [0.2, 0.25) is 5.91 Å². The predicted molar refractivity (Wildman–Crippen MR) is 86.2 cm³/mol. The molecule has 1 heterocycles. The van der Waals surface area contributed by atoms with Crippen LogP contribution in [-0.2, 0) is 9.59 Å². The number of para-hydroxylation sites is 1. The van der Waals surface area contributed by atoms with Crippen molar-refractivity contribution in [2.75, 3.05) is 24.7 Å². The molecule has 0 bridgehead atoms. The first-order chi connectivity index (χ1) is 11.1. The lowest BCUT2D eigenvalue weighted by molar-refractivity contribution is -0.140. The first-order valence-corrected chi connectivity index (χ1v) is 8.69. The largest absolute Gasteiger partial charge is 0.491 e. The van der Waals surface area contributed by atoms with Crippen molar-refractivity contribution in [2.24, 2.45) is 0 Å². The van der Waals surface area contributed by atoms with E-state index in [9.17, 15) is 14.0 Å². The van der Waals surface area contributed by atoms with Gasteiger partial charge in [0.25, 0.3) is 0 Å². The molecule has 7 heteroatoms. The number of carboxylic acid groups (broad SMARTS) is 1. The molecule has 1 atom stereocenters. The summed E-state index contributed by atoms with van der Waals surface area (Å²) in [5.41, 5.74) is 0. The zero-order valence-electron chi connectivity index (χ0n) is 12.7. The fourth-order valence-electron chi connectivity index (χ4n) is 2.46. The Labute approximate surface area is 138 Å². The Kier molecular flexibility index (Phi) is 6.70. The molecule has 1 aromatic rings. The molecule has 1 N–H and O–H groups in total. The Morgan fingerprint density at radius 1 is 1.39 bits per heavy atom. The molecule has 0 aromatic heterocycles. The third-order valence-electron chi connectivity index (χ3n) is 3.59. The molecule has 0 radical (unpaired) electrons. The first-order valence-electron chi connectivity index (χ1n) is 7.54. The molecule has 1 unspecified atom stereocenters. The van der Waals surface area contributed by atoms with Crippen LogP contribution < -0.4 is 4.74 Å². The Bertz CT molecular complexity index is 555. The van der Waals surface area contributed by atoms with Crippen LogP contribution in [0.3, 0.4) is 0 Å². The summed E-state index contributed by atoms with van der Waals surface area (Å²) in [5, 5.41) is 8.93. The van der Waals surface area contributed by atoms with Gasteiger partial charge in [0.1, 0.15) is 0 Å². The molecule has 5 nitrogen and oxygen atoms in total. The normalized spacial score (nSPS) is 17.8. The van der Waals surface area contributed by atoms with Gasteiger partial charge in [0.05, 0.1) is 19.1 Å². The van der Waals surface area contributed by atoms with E-state index in [-0.39, 0.29) is 37.1 Å². The van der Waals surface area contributed by atoms with E-state index in [1.165, 1.54) is 6.07 Å². The third kappa shape index (κ3) is 5.42. The van der Waals surface area contributed by atoms with Crippen LogP contribution >= 0.6 is 11.8 Å². The smallest absolute Gasteiger partial charge is 0.305 e. The molecule has 0 spiro atoms. The lowest BCUT2D eigenvalue weighted by Gasteiger charge is -2.34. The average molecular weight is 341 g/mol. The lowest BCUT2D eigenvalue weighted by Crippen LogP contribution is -2.47. The van der Waals surface area contributed by atoms with Gasteiger partial charge in [-0.3, -0.25) is 9.59 Å². The average Bonchev–Trinajstić information content (AvgIpc) is 2.53. The second-order valence-corrected chi connectivity index (χ2v) is 6.45. The summed E-state index contributed by atoms with van der Waals surface area (Å²) in [5.74, 6) is 0.288. The van der Waals surface area contributed by atoms with Crippen LogP contribution in [0, 0.1) is 5.82 Å². The zero-order valence-corrected chi connectivity index (χ0v) is 13.6. The summed E-state index contributed by atoms with van der Waals surface area (Å²) in [6, 6.07) is 5.89. The minimum absolute atomic E-state index is 0.0233. The van der Waals surface area contributed by atoms with Gasteiger partial charge in [0.15, 0.2) is 11.6 Å². The fraction of sp³-hybridized carbons (Fsp3) is 0.500. The number of hydrogen-bond acceptors (Lipinski definition) is 4. The minimum Gasteiger partial charge on any atom is -0.491 e. The van der Waals surface area contributed by atoms with E-state index in [1.807, 2.05) is 0 Å². The van der Waals surface area contributed by atoms with Crippen molar-refractivity contribution in [3.63, 3.8) is 0 Å². The van der Waals surface area contributed by atoms with E-state index >= 15 is 0 Å². The number of ether oxygens (including phenoxy) is 1. The summed E-state index contributed by atoms with van der Waals surface area (Å²) >= 11 is 1.67. The van der Waals surface area contributed by atoms with Crippen LogP contribution in [0.15, 0.2) is 24.3 Å². The summed E-state index contributed by atoms with van der Waals surface area (Å²) < 4.78 is 18.7. The quantitative estimate of drug-likeness (QED) is 0.772. The van der Waals surface area contributed by atoms with Gasteiger partial charge >= 0.3 is 5.97 Å². The van der Waals surface area contributed by atoms with Gasteiger partial charge in [-0.1, -0.05) is 12.1 Å². The maximum absolute atomic E-state index is 13.4. The number of rotatable bonds is 7. The topological polar surface area (TPSA) is 66.8 Å². The SMILES string of the molecule is O=C(O)CC1CSCCN1C(=O)CCCOc1ccccc1F. The number of aliphatic carboxylic acids is 1. The highest BCUT2D eigenvalue weighted by atomic mass is 32.2. The van der Waals surface area contributed by atoms with Crippen LogP contribution in [0.4, 0.5) is 4.39 Å². The highest BCUT2D eigenvalue weighted by Gasteiger charge is 2.28. The van der Waals surface area contributed by atoms with Crippen molar-refractivity contribution < 1.29 is 23.8 Å². The summed E-state index contributed by atoms with van der Waals surface area (Å²) in [4.78, 5) is 24.8. The Morgan fingerprint density at radius 3 is 2.91 bits per heavy atom. The molecule has 0 saturated carbocycles. The molecule has 1 aliphatic heterocycles. The predicted octanol–water partition coefficient (Wildman–Crippen LogP) is 2.40. The molecule has 1 aromatic carbocycles. The highest BCUT2D eigenvalue weighted by molar-refractivity contribution is 7.99. The standard InChI is InChI=1S/C16H20FNO4S/c17-13-4-1-2-5-14(13)22-8-3-6-15(19)18-7-9-23-11-12(18)10-16(20)21/h1-2,4-5,12H,3,6-11H2,(H,20,21). The summed E-state index contributed by atoms with van der Waals surface area (Å²) in [6.45, 7) is 0.828. The van der Waals surface area contributed by atoms with E-state index < -0.39 is 11.8 Å². The number of carbonyl (C=O) groups excluding carboxylic acids is 1. The number of amides is 1. The van der Waals surface area contributed by atoms with Crippen LogP contribution in [0.25, 0.3) is 0 Å². The molecule has 126 valence electrons. The molecule has 1 saturated heterocycles. The number of carbonyl (C=O) groups is 2. The molecule has 23 heavy (non-hydrogen) atoms. The van der Waals surface area contributed by atoms with Gasteiger partial charge in [-0.05, 0) is 18.6 Å². The van der Waals surface area contributed by atoms with Gasteiger partial charge in [-0.2, -0.15) is 11.8 Å². The van der Waals surface area contributed by atoms with E-state index in [0.29, 0.717) is 18.7 Å². The van der Waals surface area contributed by atoms with Gasteiger partial charge in [-0.15, -0.1) is 0 Å². The number of carboxylic acids is 1. The molecule has 2 rings (SSSR count). The van der Waals surface area contributed by atoms with E-state index in [4.69, 9.17) is 9.84 Å². The van der Waals surface area contributed by atoms with Crippen molar-refractivity contribution in [1.82, 2.24) is 4.90 Å². The monoisotopic (exact) mass is 341 g/mol. The van der Waals surface area contributed by atoms with Crippen molar-refractivity contribution in [1.29, 1.82) is 0 Å². The van der Waals surface area contributed by atoms with Crippen LogP contribution in [0.5, 0.6) is 5.75 Å². The molecule has 0 aliphatic carbocycles. The van der Waals surface area contributed by atoms with Gasteiger partial charge in [-0.25, -0.2) is 4.39 Å². The first kappa shape index (κ1) is 17.6. The Balaban J connectivity index is 1.77. The lowest BCUT2D eigenvalue weighted by atomic mass is 10.1. The van der Waals surface area contributed by atoms with Crippen molar-refractivity contribution in [2.45, 2.75) is 25.3 Å². The van der Waals surface area contributed by atoms with Gasteiger partial charge in [0, 0.05) is 24.5 Å². The van der Waals surface area contributed by atoms with Crippen molar-refractivity contribution in [3.05, 3.63) is 30.1 Å². The molecular weight excluding hydrogens is 321 g/mol. The third-order valence-corrected chi connectivity index (χ3v) is 4.68. The van der Waals surface area contributed by atoms with E-state index in [0.717, 1.165) is 5.75 Å². The number of benzene rings is 1. The highest BCUT2D eigenvalue weighted by Crippen LogP contribution is 2.20. The number of halogens is 1. The summed E-state index contributed by atoms with van der Waals surface area (Å²) in [7, 11) is 0. The van der Waals surface area contributed by atoms with Crippen molar-refractivity contribution >= 4 is 23.6 Å². The fourth-order valence-corrected chi connectivity index (χ4v) is 3.53. The van der Waals surface area contributed by atoms with Crippen LogP contribution in [0.1, 0.15) is 19.3 Å². The Morgan fingerprint density at radius 2 is 2.17 bits per heavy atom.